The maximum Gasteiger partial charge on any atom is 0.497 e. The molecular formula is C7H7N4O3S+. The molecule has 0 spiro atoms. The Labute approximate surface area is 88.5 Å². The molecule has 0 saturated carbocycles. The van der Waals surface area contributed by atoms with Crippen LogP contribution in [0.4, 0.5) is 0 Å². The Bertz CT molecular complexity index is 421. The molecule has 1 N–H and O–H groups in total. The van der Waals surface area contributed by atoms with Crippen molar-refractivity contribution in [2.24, 2.45) is 0 Å². The van der Waals surface area contributed by atoms with Gasteiger partial charge >= 0.3 is 17.5 Å². The first-order chi connectivity index (χ1) is 7.20. The largest absolute Gasteiger partial charge is 0.497 e. The lowest BCUT2D eigenvalue weighted by molar-refractivity contribution is -0.151. The number of Topliss-reactive ketones (excluding diaryl/α,β-unsaturated/α-hetero) is 1. The fourth-order valence-corrected chi connectivity index (χ4v) is 1.21. The smallest absolute Gasteiger partial charge is 0.457 e. The number of ketones is 1. The van der Waals surface area contributed by atoms with E-state index < -0.39 is 17.5 Å². The zero-order valence-electron chi connectivity index (χ0n) is 7.76. The van der Waals surface area contributed by atoms with Gasteiger partial charge < -0.3 is 4.74 Å². The van der Waals surface area contributed by atoms with Gasteiger partial charge in [0.25, 0.3) is 0 Å². The summed E-state index contributed by atoms with van der Waals surface area (Å²) in [6.45, 7) is 1.70. The lowest BCUT2D eigenvalue weighted by Gasteiger charge is -1.92. The van der Waals surface area contributed by atoms with E-state index >= 15 is 0 Å². The van der Waals surface area contributed by atoms with Crippen LogP contribution in [-0.2, 0) is 9.53 Å². The van der Waals surface area contributed by atoms with E-state index in [0.717, 1.165) is 11.5 Å². The van der Waals surface area contributed by atoms with Gasteiger partial charge in [0.2, 0.25) is 0 Å². The minimum absolute atomic E-state index is 0.0148. The van der Waals surface area contributed by atoms with Crippen molar-refractivity contribution in [3.8, 4) is 0 Å². The third kappa shape index (κ3) is 2.52. The molecule has 0 aliphatic rings. The molecule has 0 bridgehead atoms. The van der Waals surface area contributed by atoms with Gasteiger partial charge in [-0.25, -0.2) is 4.79 Å². The van der Waals surface area contributed by atoms with Gasteiger partial charge in [-0.05, 0) is 18.5 Å². The van der Waals surface area contributed by atoms with E-state index in [4.69, 9.17) is 5.53 Å². The molecule has 8 heteroatoms. The normalized spacial score (nSPS) is 9.13. The highest BCUT2D eigenvalue weighted by Crippen LogP contribution is 2.00. The van der Waals surface area contributed by atoms with Crippen LogP contribution in [0, 0.1) is 5.53 Å². The molecule has 78 valence electrons. The standard InChI is InChI=1S/C7H7N4O3S/c1-2-14-7(13)5(9-8)6(12)4-3-15-11-10-4/h3,8H,2H2,1H3/q+1. The van der Waals surface area contributed by atoms with Crippen LogP contribution in [0.15, 0.2) is 5.38 Å². The van der Waals surface area contributed by atoms with E-state index in [1.807, 2.05) is 0 Å². The van der Waals surface area contributed by atoms with Gasteiger partial charge in [0.15, 0.2) is 5.69 Å². The van der Waals surface area contributed by atoms with E-state index in [2.05, 4.69) is 19.1 Å². The van der Waals surface area contributed by atoms with Crippen molar-refractivity contribution >= 4 is 29.0 Å². The number of rotatable bonds is 4. The highest BCUT2D eigenvalue weighted by molar-refractivity contribution is 7.03. The summed E-state index contributed by atoms with van der Waals surface area (Å²) in [6, 6.07) is 0. The highest BCUT2D eigenvalue weighted by Gasteiger charge is 2.36. The molecule has 1 heterocycles. The molecule has 7 nitrogen and oxygen atoms in total. The van der Waals surface area contributed by atoms with E-state index in [0.29, 0.717) is 0 Å². The summed E-state index contributed by atoms with van der Waals surface area (Å²) in [5.74, 6) is -1.68. The summed E-state index contributed by atoms with van der Waals surface area (Å²) in [5.41, 5.74) is 6.12. The molecule has 0 radical (unpaired) electrons. The monoisotopic (exact) mass is 227 g/mol. The highest BCUT2D eigenvalue weighted by atomic mass is 32.1. The predicted octanol–water partition coefficient (Wildman–Crippen LogP) is -0.0359. The molecule has 1 aromatic heterocycles. The Morgan fingerprint density at radius 3 is 2.87 bits per heavy atom. The Morgan fingerprint density at radius 2 is 2.40 bits per heavy atom. The van der Waals surface area contributed by atoms with Gasteiger partial charge in [0.05, 0.1) is 16.9 Å². The summed E-state index contributed by atoms with van der Waals surface area (Å²) in [7, 11) is 0. The molecule has 0 aromatic carbocycles. The van der Waals surface area contributed by atoms with E-state index in [1.165, 1.54) is 5.38 Å². The third-order valence-electron chi connectivity index (χ3n) is 1.39. The van der Waals surface area contributed by atoms with Gasteiger partial charge in [0, 0.05) is 5.38 Å². The average Bonchev–Trinajstić information content (AvgIpc) is 2.71. The zero-order chi connectivity index (χ0) is 11.3. The molecule has 15 heavy (non-hydrogen) atoms. The fraction of sp³-hybridized carbons (Fsp3) is 0.286. The first kappa shape index (κ1) is 11.2. The van der Waals surface area contributed by atoms with Gasteiger partial charge in [0.1, 0.15) is 0 Å². The number of carbonyl (C=O) groups excluding carboxylic acids is 2. The predicted molar refractivity (Wildman–Crippen MR) is 48.9 cm³/mol. The van der Waals surface area contributed by atoms with Crippen LogP contribution in [0.1, 0.15) is 17.4 Å². The van der Waals surface area contributed by atoms with Crippen LogP contribution in [0.5, 0.6) is 0 Å². The number of carbonyl (C=O) groups is 2. The van der Waals surface area contributed by atoms with Gasteiger partial charge in [-0.1, -0.05) is 4.49 Å². The van der Waals surface area contributed by atoms with Crippen molar-refractivity contribution in [3.63, 3.8) is 0 Å². The number of hydrogen-bond donors (Lipinski definition) is 1. The van der Waals surface area contributed by atoms with Crippen molar-refractivity contribution in [2.45, 2.75) is 6.92 Å². The summed E-state index contributed by atoms with van der Waals surface area (Å²) >= 11 is 0.971. The molecule has 0 saturated heterocycles. The molecule has 0 fully saturated rings. The number of aromatic nitrogens is 2. The van der Waals surface area contributed by atoms with Crippen LogP contribution < -0.4 is 0 Å². The lowest BCUT2D eigenvalue weighted by Crippen LogP contribution is -2.27. The van der Waals surface area contributed by atoms with E-state index in [-0.39, 0.29) is 12.3 Å². The minimum atomic E-state index is -0.925. The maximum absolute atomic E-state index is 11.5. The van der Waals surface area contributed by atoms with Crippen molar-refractivity contribution in [1.29, 1.82) is 5.53 Å². The van der Waals surface area contributed by atoms with E-state index in [1.54, 1.807) is 6.92 Å². The summed E-state index contributed by atoms with van der Waals surface area (Å²) in [4.78, 5) is 25.5. The topological polar surface area (TPSA) is 107 Å². The van der Waals surface area contributed by atoms with Crippen LogP contribution in [0.2, 0.25) is 0 Å². The minimum Gasteiger partial charge on any atom is -0.457 e. The second-order valence-electron chi connectivity index (χ2n) is 2.30. The van der Waals surface area contributed by atoms with Gasteiger partial charge in [-0.2, -0.15) is 0 Å². The fourth-order valence-electron chi connectivity index (χ4n) is 0.773. The Morgan fingerprint density at radius 1 is 1.67 bits per heavy atom. The Kier molecular flexibility index (Phi) is 3.78. The SMILES string of the molecule is CCOC(=O)C(=[N+]=N)C(=O)c1csnn1. The second kappa shape index (κ2) is 5.08. The lowest BCUT2D eigenvalue weighted by atomic mass is 10.2. The van der Waals surface area contributed by atoms with Crippen molar-refractivity contribution < 1.29 is 19.1 Å². The van der Waals surface area contributed by atoms with Crippen LogP contribution in [-0.4, -0.2) is 38.4 Å². The summed E-state index contributed by atoms with van der Waals surface area (Å²) in [5, 5.41) is 4.84. The average molecular weight is 227 g/mol. The number of ether oxygens (including phenoxy) is 1. The van der Waals surface area contributed by atoms with Gasteiger partial charge in [-0.15, -0.1) is 5.10 Å². The second-order valence-corrected chi connectivity index (χ2v) is 2.91. The molecule has 0 unspecified atom stereocenters. The number of hydrogen-bond acceptors (Lipinski definition) is 7. The number of nitrogens with zero attached hydrogens (tertiary/aromatic N) is 3. The first-order valence-electron chi connectivity index (χ1n) is 3.94. The quantitative estimate of drug-likeness (QED) is 0.194. The summed E-state index contributed by atoms with van der Waals surface area (Å²) < 4.78 is 8.03. The Hall–Kier alpha value is -1.92. The van der Waals surface area contributed by atoms with Gasteiger partial charge in [-0.3, -0.25) is 4.79 Å². The zero-order valence-corrected chi connectivity index (χ0v) is 8.58. The first-order valence-corrected chi connectivity index (χ1v) is 4.77. The summed E-state index contributed by atoms with van der Waals surface area (Å²) in [6.07, 6.45) is 0. The van der Waals surface area contributed by atoms with Crippen molar-refractivity contribution in [1.82, 2.24) is 9.59 Å². The third-order valence-corrected chi connectivity index (χ3v) is 1.89. The van der Waals surface area contributed by atoms with E-state index in [9.17, 15) is 9.59 Å². The van der Waals surface area contributed by atoms with Crippen LogP contribution in [0.3, 0.4) is 0 Å². The Balaban J connectivity index is 2.91. The van der Waals surface area contributed by atoms with Crippen molar-refractivity contribution in [3.05, 3.63) is 11.1 Å². The van der Waals surface area contributed by atoms with Crippen LogP contribution in [0.25, 0.3) is 0 Å². The maximum atomic E-state index is 11.5. The molecule has 0 aliphatic heterocycles. The van der Waals surface area contributed by atoms with Crippen LogP contribution >= 0.6 is 11.5 Å². The number of nitrogens with one attached hydrogen (secondary N) is 1. The molecule has 1 rings (SSSR count). The molecule has 0 aliphatic carbocycles. The molecule has 0 atom stereocenters. The number of esters is 1. The molecule has 1 aromatic rings. The van der Waals surface area contributed by atoms with Crippen molar-refractivity contribution in [2.75, 3.05) is 6.61 Å². The molecular weight excluding hydrogens is 220 g/mol. The molecule has 0 amide bonds.